The molecule has 0 saturated carbocycles. The van der Waals surface area contributed by atoms with Crippen molar-refractivity contribution in [3.63, 3.8) is 0 Å². The molecular weight excluding hydrogens is 422 g/mol. The van der Waals surface area contributed by atoms with Crippen molar-refractivity contribution < 1.29 is 14.3 Å². The minimum Gasteiger partial charge on any atom is -0.469 e. The molecule has 1 aromatic rings. The number of hydrogen-bond acceptors (Lipinski definition) is 4. The summed E-state index contributed by atoms with van der Waals surface area (Å²) in [6, 6.07) is 3.88. The average Bonchev–Trinajstić information content (AvgIpc) is 2.40. The maximum atomic E-state index is 12.0. The average molecular weight is 439 g/mol. The lowest BCUT2D eigenvalue weighted by Gasteiger charge is -2.12. The summed E-state index contributed by atoms with van der Waals surface area (Å²) in [7, 11) is 1.36. The van der Waals surface area contributed by atoms with Gasteiger partial charge in [-0.3, -0.25) is 9.59 Å². The highest BCUT2D eigenvalue weighted by atomic mass is 79.9. The Labute approximate surface area is 145 Å². The number of esters is 1. The van der Waals surface area contributed by atoms with Crippen LogP contribution in [0.15, 0.2) is 21.1 Å². The second-order valence-electron chi connectivity index (χ2n) is 4.55. The standard InChI is InChI=1S/C14H17Br2NO3S/c1-8-4-10(15)14(11(16)5-8)17-12(18)7-21-9(2)6-13(19)20-3/h4-5,9H,6-7H2,1-3H3,(H,17,18). The van der Waals surface area contributed by atoms with Gasteiger partial charge in [-0.05, 0) is 56.5 Å². The molecule has 1 aromatic carbocycles. The molecule has 4 nitrogen and oxygen atoms in total. The predicted octanol–water partition coefficient (Wildman–Crippen LogP) is 4.14. The fourth-order valence-corrected chi connectivity index (χ4v) is 3.97. The molecule has 0 bridgehead atoms. The van der Waals surface area contributed by atoms with Crippen molar-refractivity contribution >= 4 is 61.2 Å². The first-order valence-electron chi connectivity index (χ1n) is 6.27. The Morgan fingerprint density at radius 2 is 1.90 bits per heavy atom. The van der Waals surface area contributed by atoms with Gasteiger partial charge in [-0.15, -0.1) is 11.8 Å². The largest absolute Gasteiger partial charge is 0.469 e. The highest BCUT2D eigenvalue weighted by molar-refractivity contribution is 9.11. The third-order valence-corrected chi connectivity index (χ3v) is 5.05. The smallest absolute Gasteiger partial charge is 0.306 e. The van der Waals surface area contributed by atoms with Crippen LogP contribution in [-0.2, 0) is 14.3 Å². The Bertz CT molecular complexity index is 514. The van der Waals surface area contributed by atoms with E-state index in [4.69, 9.17) is 0 Å². The normalized spacial score (nSPS) is 11.9. The SMILES string of the molecule is COC(=O)CC(C)SCC(=O)Nc1c(Br)cc(C)cc1Br. The zero-order chi connectivity index (χ0) is 16.0. The molecule has 0 spiro atoms. The summed E-state index contributed by atoms with van der Waals surface area (Å²) in [5, 5.41) is 2.89. The summed E-state index contributed by atoms with van der Waals surface area (Å²) in [5.41, 5.74) is 1.81. The van der Waals surface area contributed by atoms with Gasteiger partial charge in [0.1, 0.15) is 0 Å². The van der Waals surface area contributed by atoms with Gasteiger partial charge >= 0.3 is 5.97 Å². The highest BCUT2D eigenvalue weighted by Crippen LogP contribution is 2.32. The molecule has 0 heterocycles. The van der Waals surface area contributed by atoms with Gasteiger partial charge in [0.05, 0.1) is 25.0 Å². The molecule has 1 amide bonds. The molecule has 1 atom stereocenters. The van der Waals surface area contributed by atoms with E-state index in [1.807, 2.05) is 26.0 Å². The number of amides is 1. The zero-order valence-corrected chi connectivity index (χ0v) is 16.0. The maximum Gasteiger partial charge on any atom is 0.306 e. The van der Waals surface area contributed by atoms with Crippen molar-refractivity contribution in [2.75, 3.05) is 18.2 Å². The second-order valence-corrected chi connectivity index (χ2v) is 7.69. The first kappa shape index (κ1) is 18.5. The molecule has 0 radical (unpaired) electrons. The predicted molar refractivity (Wildman–Crippen MR) is 93.8 cm³/mol. The number of nitrogens with one attached hydrogen (secondary N) is 1. The number of benzene rings is 1. The lowest BCUT2D eigenvalue weighted by Crippen LogP contribution is -2.18. The van der Waals surface area contributed by atoms with Gasteiger partial charge < -0.3 is 10.1 Å². The molecule has 0 aliphatic heterocycles. The van der Waals surface area contributed by atoms with Crippen LogP contribution in [-0.4, -0.2) is 30.0 Å². The van der Waals surface area contributed by atoms with Crippen molar-refractivity contribution in [1.82, 2.24) is 0 Å². The molecule has 7 heteroatoms. The third kappa shape index (κ3) is 6.40. The van der Waals surface area contributed by atoms with Crippen molar-refractivity contribution in [2.24, 2.45) is 0 Å². The van der Waals surface area contributed by atoms with Crippen LogP contribution in [0.4, 0.5) is 5.69 Å². The van der Waals surface area contributed by atoms with E-state index in [2.05, 4.69) is 41.9 Å². The summed E-state index contributed by atoms with van der Waals surface area (Å²) in [6.07, 6.45) is 0.298. The molecule has 0 aliphatic rings. The molecule has 0 fully saturated rings. The number of thioether (sulfide) groups is 1. The lowest BCUT2D eigenvalue weighted by atomic mass is 10.2. The maximum absolute atomic E-state index is 12.0. The van der Waals surface area contributed by atoms with Crippen molar-refractivity contribution in [1.29, 1.82) is 0 Å². The first-order chi connectivity index (χ1) is 9.83. The lowest BCUT2D eigenvalue weighted by molar-refractivity contribution is -0.140. The fourth-order valence-electron chi connectivity index (χ4n) is 1.59. The van der Waals surface area contributed by atoms with Gasteiger partial charge in [-0.25, -0.2) is 0 Å². The van der Waals surface area contributed by atoms with Crippen LogP contribution in [0, 0.1) is 6.92 Å². The second kappa shape index (κ2) is 8.80. The van der Waals surface area contributed by atoms with Gasteiger partial charge in [-0.1, -0.05) is 6.92 Å². The molecule has 1 N–H and O–H groups in total. The van der Waals surface area contributed by atoms with Gasteiger partial charge in [0.2, 0.25) is 5.91 Å². The minimum absolute atomic E-state index is 0.0353. The van der Waals surface area contributed by atoms with Crippen molar-refractivity contribution in [2.45, 2.75) is 25.5 Å². The summed E-state index contributed by atoms with van der Waals surface area (Å²) in [4.78, 5) is 23.1. The Hall–Kier alpha value is -0.530. The molecule has 0 aliphatic carbocycles. The number of rotatable bonds is 6. The number of carbonyl (C=O) groups is 2. The Balaban J connectivity index is 2.53. The van der Waals surface area contributed by atoms with E-state index in [-0.39, 0.29) is 22.9 Å². The fraction of sp³-hybridized carbons (Fsp3) is 0.429. The summed E-state index contributed by atoms with van der Waals surface area (Å²) in [5.74, 6) is -0.0910. The minimum atomic E-state index is -0.264. The Kier molecular flexibility index (Phi) is 7.76. The van der Waals surface area contributed by atoms with Crippen LogP contribution in [0.2, 0.25) is 0 Å². The molecule has 0 aromatic heterocycles. The number of anilines is 1. The van der Waals surface area contributed by atoms with E-state index in [0.717, 1.165) is 14.5 Å². The van der Waals surface area contributed by atoms with Gasteiger partial charge in [0.15, 0.2) is 0 Å². The van der Waals surface area contributed by atoms with E-state index in [1.54, 1.807) is 0 Å². The molecule has 1 rings (SSSR count). The molecule has 1 unspecified atom stereocenters. The first-order valence-corrected chi connectivity index (χ1v) is 8.91. The van der Waals surface area contributed by atoms with Gasteiger partial charge in [0, 0.05) is 14.2 Å². The monoisotopic (exact) mass is 437 g/mol. The Morgan fingerprint density at radius 1 is 1.33 bits per heavy atom. The zero-order valence-electron chi connectivity index (χ0n) is 12.0. The van der Waals surface area contributed by atoms with Gasteiger partial charge in [0.25, 0.3) is 0 Å². The Morgan fingerprint density at radius 3 is 2.43 bits per heavy atom. The van der Waals surface area contributed by atoms with E-state index >= 15 is 0 Å². The van der Waals surface area contributed by atoms with E-state index in [0.29, 0.717) is 12.1 Å². The number of carbonyl (C=O) groups excluding carboxylic acids is 2. The number of methoxy groups -OCH3 is 1. The summed E-state index contributed by atoms with van der Waals surface area (Å²) >= 11 is 8.29. The van der Waals surface area contributed by atoms with E-state index < -0.39 is 0 Å². The van der Waals surface area contributed by atoms with E-state index in [9.17, 15) is 9.59 Å². The summed E-state index contributed by atoms with van der Waals surface area (Å²) in [6.45, 7) is 3.87. The third-order valence-electron chi connectivity index (χ3n) is 2.63. The molecule has 21 heavy (non-hydrogen) atoms. The van der Waals surface area contributed by atoms with Crippen molar-refractivity contribution in [3.05, 3.63) is 26.6 Å². The number of ether oxygens (including phenoxy) is 1. The van der Waals surface area contributed by atoms with Crippen molar-refractivity contribution in [3.8, 4) is 0 Å². The number of halogens is 2. The van der Waals surface area contributed by atoms with Crippen LogP contribution in [0.25, 0.3) is 0 Å². The van der Waals surface area contributed by atoms with Crippen LogP contribution in [0.3, 0.4) is 0 Å². The van der Waals surface area contributed by atoms with Crippen LogP contribution < -0.4 is 5.32 Å². The molecule has 0 saturated heterocycles. The molecule has 116 valence electrons. The number of aryl methyl sites for hydroxylation is 1. The van der Waals surface area contributed by atoms with E-state index in [1.165, 1.54) is 18.9 Å². The quantitative estimate of drug-likeness (QED) is 0.678. The molecular formula is C14H17Br2NO3S. The van der Waals surface area contributed by atoms with Crippen LogP contribution in [0.1, 0.15) is 18.9 Å². The number of hydrogen-bond donors (Lipinski definition) is 1. The van der Waals surface area contributed by atoms with Crippen LogP contribution in [0.5, 0.6) is 0 Å². The van der Waals surface area contributed by atoms with Crippen LogP contribution >= 0.6 is 43.6 Å². The topological polar surface area (TPSA) is 55.4 Å². The highest BCUT2D eigenvalue weighted by Gasteiger charge is 2.14. The van der Waals surface area contributed by atoms with Gasteiger partial charge in [-0.2, -0.15) is 0 Å². The summed E-state index contributed by atoms with van der Waals surface area (Å²) < 4.78 is 6.26.